The number of carbonyl (C=O) groups is 1. The van der Waals surface area contributed by atoms with Crippen molar-refractivity contribution in [2.75, 3.05) is 13.1 Å². The van der Waals surface area contributed by atoms with Gasteiger partial charge in [0.1, 0.15) is 0 Å². The number of benzene rings is 2. The molecule has 2 fully saturated rings. The van der Waals surface area contributed by atoms with Crippen molar-refractivity contribution < 1.29 is 18.7 Å². The number of piperidine rings is 1. The molecule has 0 bridgehead atoms. The van der Waals surface area contributed by atoms with Gasteiger partial charge in [0.2, 0.25) is 0 Å². The van der Waals surface area contributed by atoms with Gasteiger partial charge in [0, 0.05) is 25.2 Å². The van der Waals surface area contributed by atoms with Gasteiger partial charge in [-0.2, -0.15) is 0 Å². The number of hydrogen-bond acceptors (Lipinski definition) is 3. The van der Waals surface area contributed by atoms with Gasteiger partial charge in [-0.25, -0.2) is 8.78 Å². The predicted octanol–water partition coefficient (Wildman–Crippen LogP) is 3.10. The summed E-state index contributed by atoms with van der Waals surface area (Å²) < 4.78 is 26.6. The maximum absolute atomic E-state index is 13.5. The topological polar surface area (TPSA) is 52.6 Å². The van der Waals surface area contributed by atoms with Gasteiger partial charge in [0.05, 0.1) is 0 Å². The van der Waals surface area contributed by atoms with Gasteiger partial charge >= 0.3 is 0 Å². The molecule has 1 aliphatic heterocycles. The van der Waals surface area contributed by atoms with E-state index in [1.807, 2.05) is 18.2 Å². The molecule has 1 unspecified atom stereocenters. The molecule has 2 aromatic rings. The van der Waals surface area contributed by atoms with Crippen LogP contribution in [0.15, 0.2) is 48.5 Å². The fraction of sp³-hybridized carbons (Fsp3) is 0.409. The maximum Gasteiger partial charge on any atom is 0.256 e. The number of amides is 1. The van der Waals surface area contributed by atoms with E-state index in [4.69, 9.17) is 0 Å². The predicted molar refractivity (Wildman–Crippen MR) is 101 cm³/mol. The van der Waals surface area contributed by atoms with Crippen molar-refractivity contribution in [3.05, 3.63) is 71.3 Å². The summed E-state index contributed by atoms with van der Waals surface area (Å²) in [6.07, 6.45) is 2.99. The van der Waals surface area contributed by atoms with Crippen molar-refractivity contribution in [3.63, 3.8) is 0 Å². The zero-order valence-corrected chi connectivity index (χ0v) is 15.6. The molecule has 0 spiro atoms. The minimum atomic E-state index is -1.48. The fourth-order valence-electron chi connectivity index (χ4n) is 4.00. The molecule has 2 aliphatic rings. The summed E-state index contributed by atoms with van der Waals surface area (Å²) in [6.45, 7) is 0.821. The van der Waals surface area contributed by atoms with E-state index >= 15 is 0 Å². The zero-order valence-electron chi connectivity index (χ0n) is 15.6. The van der Waals surface area contributed by atoms with E-state index in [-0.39, 0.29) is 24.5 Å². The Kier molecular flexibility index (Phi) is 4.93. The molecule has 1 atom stereocenters. The number of likely N-dealkylation sites (tertiary alicyclic amines) is 1. The van der Waals surface area contributed by atoms with Crippen molar-refractivity contribution in [2.45, 2.75) is 43.4 Å². The van der Waals surface area contributed by atoms with E-state index in [1.54, 1.807) is 0 Å². The third-order valence-corrected chi connectivity index (χ3v) is 5.86. The summed E-state index contributed by atoms with van der Waals surface area (Å²) in [6, 6.07) is 13.7. The first-order valence-electron chi connectivity index (χ1n) is 9.68. The second kappa shape index (κ2) is 7.26. The van der Waals surface area contributed by atoms with E-state index in [0.29, 0.717) is 24.9 Å². The van der Waals surface area contributed by atoms with E-state index < -0.39 is 17.2 Å². The Morgan fingerprint density at radius 2 is 1.79 bits per heavy atom. The monoisotopic (exact) mass is 386 g/mol. The summed E-state index contributed by atoms with van der Waals surface area (Å²) in [7, 11) is 0. The number of halogens is 2. The average Bonchev–Trinajstić information content (AvgIpc) is 3.49. The summed E-state index contributed by atoms with van der Waals surface area (Å²) in [4.78, 5) is 14.5. The smallest absolute Gasteiger partial charge is 0.256 e. The summed E-state index contributed by atoms with van der Waals surface area (Å²) >= 11 is 0. The van der Waals surface area contributed by atoms with Crippen molar-refractivity contribution in [2.24, 2.45) is 0 Å². The van der Waals surface area contributed by atoms with Crippen LogP contribution in [0.2, 0.25) is 0 Å². The van der Waals surface area contributed by atoms with Crippen molar-refractivity contribution in [3.8, 4) is 0 Å². The SMILES string of the molecule is O=C1N(Cc2ccc(F)c(F)c2)CCCC1(O)CNC1(c2ccccc2)CC1. The number of aliphatic hydroxyl groups is 1. The molecule has 4 nitrogen and oxygen atoms in total. The molecule has 1 amide bonds. The number of nitrogens with one attached hydrogen (secondary N) is 1. The maximum atomic E-state index is 13.5. The fourth-order valence-corrected chi connectivity index (χ4v) is 4.00. The standard InChI is InChI=1S/C22H24F2N2O2/c23-18-8-7-16(13-19(18)24)14-26-12-4-9-22(28,20(26)27)15-25-21(10-11-21)17-5-2-1-3-6-17/h1-3,5-8,13,25,28H,4,9-12,14-15H2. The van der Waals surface area contributed by atoms with Crippen LogP contribution in [0.25, 0.3) is 0 Å². The molecular weight excluding hydrogens is 362 g/mol. The van der Waals surface area contributed by atoms with Crippen LogP contribution in [0, 0.1) is 11.6 Å². The van der Waals surface area contributed by atoms with Gasteiger partial charge < -0.3 is 15.3 Å². The molecule has 0 aromatic heterocycles. The number of carbonyl (C=O) groups excluding carboxylic acids is 1. The molecule has 1 heterocycles. The molecule has 4 rings (SSSR count). The van der Waals surface area contributed by atoms with E-state index in [0.717, 1.165) is 25.0 Å². The highest BCUT2D eigenvalue weighted by Crippen LogP contribution is 2.45. The second-order valence-electron chi connectivity index (χ2n) is 7.91. The Hall–Kier alpha value is -2.31. The first kappa shape index (κ1) is 19.0. The second-order valence-corrected chi connectivity index (χ2v) is 7.91. The Balaban J connectivity index is 1.44. The van der Waals surface area contributed by atoms with Crippen LogP contribution in [0.5, 0.6) is 0 Å². The molecule has 148 valence electrons. The summed E-state index contributed by atoms with van der Waals surface area (Å²) in [5, 5.41) is 14.5. The Morgan fingerprint density at radius 1 is 1.04 bits per heavy atom. The van der Waals surface area contributed by atoms with Crippen molar-refractivity contribution in [1.82, 2.24) is 10.2 Å². The molecule has 1 saturated carbocycles. The molecular formula is C22H24F2N2O2. The lowest BCUT2D eigenvalue weighted by molar-refractivity contribution is -0.157. The highest BCUT2D eigenvalue weighted by molar-refractivity contribution is 5.86. The van der Waals surface area contributed by atoms with E-state index in [9.17, 15) is 18.7 Å². The molecule has 0 radical (unpaired) electrons. The van der Waals surface area contributed by atoms with Gasteiger partial charge in [-0.3, -0.25) is 4.79 Å². The lowest BCUT2D eigenvalue weighted by atomic mass is 9.90. The van der Waals surface area contributed by atoms with Crippen molar-refractivity contribution in [1.29, 1.82) is 0 Å². The van der Waals surface area contributed by atoms with Crippen LogP contribution in [0.1, 0.15) is 36.8 Å². The van der Waals surface area contributed by atoms with Crippen LogP contribution in [0.4, 0.5) is 8.78 Å². The molecule has 1 saturated heterocycles. The number of nitrogens with zero attached hydrogens (tertiary/aromatic N) is 1. The minimum absolute atomic E-state index is 0.155. The minimum Gasteiger partial charge on any atom is -0.379 e. The van der Waals surface area contributed by atoms with Crippen LogP contribution < -0.4 is 5.32 Å². The quantitative estimate of drug-likeness (QED) is 0.802. The average molecular weight is 386 g/mol. The Bertz CT molecular complexity index is 870. The molecule has 1 aliphatic carbocycles. The van der Waals surface area contributed by atoms with Gasteiger partial charge in [-0.05, 0) is 48.9 Å². The summed E-state index contributed by atoms with van der Waals surface area (Å²) in [5.41, 5.74) is 0.0220. The van der Waals surface area contributed by atoms with Crippen LogP contribution in [-0.4, -0.2) is 34.6 Å². The van der Waals surface area contributed by atoms with Crippen LogP contribution >= 0.6 is 0 Å². The van der Waals surface area contributed by atoms with Crippen molar-refractivity contribution >= 4 is 5.91 Å². The highest BCUT2D eigenvalue weighted by Gasteiger charge is 2.48. The van der Waals surface area contributed by atoms with E-state index in [2.05, 4.69) is 17.4 Å². The highest BCUT2D eigenvalue weighted by atomic mass is 19.2. The van der Waals surface area contributed by atoms with Gasteiger partial charge in [0.25, 0.3) is 5.91 Å². The van der Waals surface area contributed by atoms with Crippen LogP contribution in [0.3, 0.4) is 0 Å². The van der Waals surface area contributed by atoms with Gasteiger partial charge in [-0.1, -0.05) is 36.4 Å². The zero-order chi connectivity index (χ0) is 19.8. The summed E-state index contributed by atoms with van der Waals surface area (Å²) in [5.74, 6) is -2.21. The lowest BCUT2D eigenvalue weighted by Crippen LogP contribution is -2.58. The Morgan fingerprint density at radius 3 is 2.46 bits per heavy atom. The third kappa shape index (κ3) is 3.66. The van der Waals surface area contributed by atoms with Crippen LogP contribution in [-0.2, 0) is 16.9 Å². The Labute approximate surface area is 163 Å². The first-order chi connectivity index (χ1) is 13.4. The van der Waals surface area contributed by atoms with E-state index in [1.165, 1.54) is 16.5 Å². The molecule has 6 heteroatoms. The third-order valence-electron chi connectivity index (χ3n) is 5.86. The molecule has 28 heavy (non-hydrogen) atoms. The van der Waals surface area contributed by atoms with Gasteiger partial charge in [0.15, 0.2) is 17.2 Å². The largest absolute Gasteiger partial charge is 0.379 e. The molecule has 2 N–H and O–H groups in total. The normalized spacial score (nSPS) is 23.7. The number of rotatable bonds is 6. The number of hydrogen-bond donors (Lipinski definition) is 2. The van der Waals surface area contributed by atoms with Gasteiger partial charge in [-0.15, -0.1) is 0 Å². The molecule has 2 aromatic carbocycles. The lowest BCUT2D eigenvalue weighted by Gasteiger charge is -2.39. The first-order valence-corrected chi connectivity index (χ1v) is 9.68.